The van der Waals surface area contributed by atoms with Gasteiger partial charge in [-0.25, -0.2) is 0 Å². The average molecular weight is 289 g/mol. The molecule has 0 unspecified atom stereocenters. The lowest BCUT2D eigenvalue weighted by Crippen LogP contribution is -2.30. The predicted octanol–water partition coefficient (Wildman–Crippen LogP) is 3.04. The molecule has 4 nitrogen and oxygen atoms in total. The van der Waals surface area contributed by atoms with Gasteiger partial charge in [0, 0.05) is 25.8 Å². The topological polar surface area (TPSA) is 58.4 Å². The third-order valence-electron chi connectivity index (χ3n) is 4.27. The van der Waals surface area contributed by atoms with Crippen LogP contribution in [0.25, 0.3) is 0 Å². The van der Waals surface area contributed by atoms with Gasteiger partial charge in [0.1, 0.15) is 0 Å². The summed E-state index contributed by atoms with van der Waals surface area (Å²) in [5.74, 6) is 0.704. The molecule has 1 aliphatic rings. The Bertz CT molecular complexity index is 481. The fourth-order valence-electron chi connectivity index (χ4n) is 3.17. The van der Waals surface area contributed by atoms with Crippen LogP contribution in [0.1, 0.15) is 49.4 Å². The van der Waals surface area contributed by atoms with Gasteiger partial charge in [-0.1, -0.05) is 19.3 Å². The van der Waals surface area contributed by atoms with Crippen LogP contribution in [-0.2, 0) is 0 Å². The lowest BCUT2D eigenvalue weighted by atomic mass is 9.89. The Labute approximate surface area is 127 Å². The third kappa shape index (κ3) is 4.13. The number of anilines is 2. The molecule has 1 fully saturated rings. The smallest absolute Gasteiger partial charge is 0.253 e. The van der Waals surface area contributed by atoms with E-state index >= 15 is 0 Å². The molecule has 0 saturated heterocycles. The van der Waals surface area contributed by atoms with Crippen molar-refractivity contribution in [2.45, 2.75) is 39.0 Å². The second kappa shape index (κ2) is 7.34. The lowest BCUT2D eigenvalue weighted by Gasteiger charge is -2.29. The Morgan fingerprint density at radius 3 is 2.71 bits per heavy atom. The maximum atomic E-state index is 12.2. The first-order valence-electron chi connectivity index (χ1n) is 8.00. The molecule has 0 bridgehead atoms. The number of carbonyl (C=O) groups is 1. The molecule has 0 spiro atoms. The summed E-state index contributed by atoms with van der Waals surface area (Å²) in [6.45, 7) is 3.56. The highest BCUT2D eigenvalue weighted by molar-refractivity contribution is 6.00. The molecule has 1 saturated carbocycles. The highest BCUT2D eigenvalue weighted by Gasteiger charge is 2.19. The molecule has 1 aromatic rings. The minimum atomic E-state index is -0.0250. The standard InChI is InChI=1S/C17H27N3O/c1-3-19-17(21)15-10-9-14(18)11-16(15)20(2)12-13-7-5-4-6-8-13/h9-11,13H,3-8,12,18H2,1-2H3,(H,19,21). The normalized spacial score (nSPS) is 15.7. The van der Waals surface area contributed by atoms with Gasteiger partial charge in [0.15, 0.2) is 0 Å². The van der Waals surface area contributed by atoms with E-state index < -0.39 is 0 Å². The van der Waals surface area contributed by atoms with E-state index in [0.717, 1.165) is 18.2 Å². The van der Waals surface area contributed by atoms with Crippen LogP contribution in [0.5, 0.6) is 0 Å². The number of nitrogen functional groups attached to an aromatic ring is 1. The van der Waals surface area contributed by atoms with Gasteiger partial charge in [-0.15, -0.1) is 0 Å². The molecule has 1 aliphatic carbocycles. The van der Waals surface area contributed by atoms with Gasteiger partial charge < -0.3 is 16.0 Å². The molecular weight excluding hydrogens is 262 g/mol. The highest BCUT2D eigenvalue weighted by Crippen LogP contribution is 2.28. The van der Waals surface area contributed by atoms with Crippen molar-refractivity contribution in [3.05, 3.63) is 23.8 Å². The lowest BCUT2D eigenvalue weighted by molar-refractivity contribution is 0.0956. The maximum Gasteiger partial charge on any atom is 0.253 e. The number of rotatable bonds is 5. The first-order valence-corrected chi connectivity index (χ1v) is 8.00. The number of benzene rings is 1. The van der Waals surface area contributed by atoms with Crippen LogP contribution in [0, 0.1) is 5.92 Å². The molecule has 0 aliphatic heterocycles. The van der Waals surface area contributed by atoms with E-state index in [9.17, 15) is 4.79 Å². The Morgan fingerprint density at radius 2 is 2.05 bits per heavy atom. The summed E-state index contributed by atoms with van der Waals surface area (Å²) in [6.07, 6.45) is 6.62. The summed E-state index contributed by atoms with van der Waals surface area (Å²) in [5.41, 5.74) is 8.27. The van der Waals surface area contributed by atoms with Gasteiger partial charge in [-0.05, 0) is 43.9 Å². The summed E-state index contributed by atoms with van der Waals surface area (Å²) in [5, 5.41) is 2.87. The van der Waals surface area contributed by atoms with Crippen LogP contribution >= 0.6 is 0 Å². The van der Waals surface area contributed by atoms with Crippen LogP contribution in [0.15, 0.2) is 18.2 Å². The maximum absolute atomic E-state index is 12.2. The predicted molar refractivity (Wildman–Crippen MR) is 88.7 cm³/mol. The van der Waals surface area contributed by atoms with Crippen molar-refractivity contribution in [3.63, 3.8) is 0 Å². The molecule has 4 heteroatoms. The van der Waals surface area contributed by atoms with Crippen molar-refractivity contribution in [2.24, 2.45) is 5.92 Å². The minimum Gasteiger partial charge on any atom is -0.399 e. The molecule has 3 N–H and O–H groups in total. The van der Waals surface area contributed by atoms with Crippen LogP contribution < -0.4 is 16.0 Å². The number of nitrogens with zero attached hydrogens (tertiary/aromatic N) is 1. The Balaban J connectivity index is 2.15. The summed E-state index contributed by atoms with van der Waals surface area (Å²) >= 11 is 0. The molecule has 1 aromatic carbocycles. The fraction of sp³-hybridized carbons (Fsp3) is 0.588. The first-order chi connectivity index (χ1) is 10.1. The van der Waals surface area contributed by atoms with Gasteiger partial charge in [0.05, 0.1) is 11.3 Å². The number of amides is 1. The van der Waals surface area contributed by atoms with Crippen molar-refractivity contribution in [3.8, 4) is 0 Å². The van der Waals surface area contributed by atoms with Gasteiger partial charge in [-0.3, -0.25) is 4.79 Å². The van der Waals surface area contributed by atoms with Crippen molar-refractivity contribution < 1.29 is 4.79 Å². The van der Waals surface area contributed by atoms with Crippen LogP contribution in [0.2, 0.25) is 0 Å². The monoisotopic (exact) mass is 289 g/mol. The molecule has 2 rings (SSSR count). The van der Waals surface area contributed by atoms with E-state index in [1.54, 1.807) is 6.07 Å². The number of hydrogen-bond donors (Lipinski definition) is 2. The summed E-state index contributed by atoms with van der Waals surface area (Å²) < 4.78 is 0. The van der Waals surface area contributed by atoms with Crippen molar-refractivity contribution >= 4 is 17.3 Å². The Hall–Kier alpha value is -1.71. The van der Waals surface area contributed by atoms with E-state index in [4.69, 9.17) is 5.73 Å². The van der Waals surface area contributed by atoms with E-state index in [-0.39, 0.29) is 5.91 Å². The quantitative estimate of drug-likeness (QED) is 0.819. The molecule has 0 aromatic heterocycles. The number of nitrogens with two attached hydrogens (primary N) is 1. The van der Waals surface area contributed by atoms with E-state index in [1.807, 2.05) is 19.1 Å². The van der Waals surface area contributed by atoms with E-state index in [0.29, 0.717) is 17.8 Å². The van der Waals surface area contributed by atoms with Crippen LogP contribution in [0.3, 0.4) is 0 Å². The van der Waals surface area contributed by atoms with Crippen molar-refractivity contribution in [2.75, 3.05) is 30.8 Å². The fourth-order valence-corrected chi connectivity index (χ4v) is 3.17. The van der Waals surface area contributed by atoms with Crippen LogP contribution in [0.4, 0.5) is 11.4 Å². The third-order valence-corrected chi connectivity index (χ3v) is 4.27. The number of nitrogens with one attached hydrogen (secondary N) is 1. The molecular formula is C17H27N3O. The minimum absolute atomic E-state index is 0.0250. The zero-order valence-electron chi connectivity index (χ0n) is 13.2. The molecule has 0 heterocycles. The van der Waals surface area contributed by atoms with Crippen molar-refractivity contribution in [1.29, 1.82) is 0 Å². The zero-order valence-corrected chi connectivity index (χ0v) is 13.2. The molecule has 0 radical (unpaired) electrons. The van der Waals surface area contributed by atoms with E-state index in [1.165, 1.54) is 32.1 Å². The molecule has 21 heavy (non-hydrogen) atoms. The second-order valence-electron chi connectivity index (χ2n) is 6.02. The Kier molecular flexibility index (Phi) is 5.48. The highest BCUT2D eigenvalue weighted by atomic mass is 16.1. The molecule has 116 valence electrons. The second-order valence-corrected chi connectivity index (χ2v) is 6.02. The number of hydrogen-bond acceptors (Lipinski definition) is 3. The van der Waals surface area contributed by atoms with Gasteiger partial charge in [0.25, 0.3) is 5.91 Å². The first kappa shape index (κ1) is 15.7. The van der Waals surface area contributed by atoms with Gasteiger partial charge >= 0.3 is 0 Å². The van der Waals surface area contributed by atoms with E-state index in [2.05, 4.69) is 17.3 Å². The van der Waals surface area contributed by atoms with Gasteiger partial charge in [0.2, 0.25) is 0 Å². The largest absolute Gasteiger partial charge is 0.399 e. The average Bonchev–Trinajstić information content (AvgIpc) is 2.48. The summed E-state index contributed by atoms with van der Waals surface area (Å²) in [6, 6.07) is 5.53. The Morgan fingerprint density at radius 1 is 1.33 bits per heavy atom. The van der Waals surface area contributed by atoms with Gasteiger partial charge in [-0.2, -0.15) is 0 Å². The van der Waals surface area contributed by atoms with Crippen LogP contribution in [-0.4, -0.2) is 26.0 Å². The molecule has 0 atom stereocenters. The summed E-state index contributed by atoms with van der Waals surface area (Å²) in [7, 11) is 2.06. The SMILES string of the molecule is CCNC(=O)c1ccc(N)cc1N(C)CC1CCCCC1. The zero-order chi connectivity index (χ0) is 15.2. The van der Waals surface area contributed by atoms with Crippen molar-refractivity contribution in [1.82, 2.24) is 5.32 Å². The summed E-state index contributed by atoms with van der Waals surface area (Å²) in [4.78, 5) is 14.4. The molecule has 1 amide bonds. The number of carbonyl (C=O) groups excluding carboxylic acids is 1.